The molecule has 5 nitrogen and oxygen atoms in total. The molecule has 0 saturated carbocycles. The van der Waals surface area contributed by atoms with Crippen LogP contribution >= 0.6 is 23.4 Å². The number of aryl methyl sites for hydroxylation is 1. The van der Waals surface area contributed by atoms with E-state index in [1.54, 1.807) is 18.2 Å². The third kappa shape index (κ3) is 2.90. The van der Waals surface area contributed by atoms with Gasteiger partial charge in [-0.1, -0.05) is 12.1 Å². The van der Waals surface area contributed by atoms with Gasteiger partial charge in [-0.05, 0) is 36.4 Å². The highest BCUT2D eigenvalue weighted by Gasteiger charge is 2.41. The Bertz CT molecular complexity index is 550. The summed E-state index contributed by atoms with van der Waals surface area (Å²) >= 11 is 6.13. The molecule has 1 aromatic carbocycles. The predicted octanol–water partition coefficient (Wildman–Crippen LogP) is 1.88. The smallest absolute Gasteiger partial charge is 0.295 e. The van der Waals surface area contributed by atoms with E-state index >= 15 is 0 Å². The van der Waals surface area contributed by atoms with Crippen LogP contribution in [0.25, 0.3) is 0 Å². The number of nitrogens with zero attached hydrogens (tertiary/aromatic N) is 1. The van der Waals surface area contributed by atoms with Gasteiger partial charge in [0, 0.05) is 0 Å². The van der Waals surface area contributed by atoms with Crippen LogP contribution in [0.15, 0.2) is 24.3 Å². The molecule has 1 fully saturated rings. The van der Waals surface area contributed by atoms with Crippen molar-refractivity contribution in [2.75, 3.05) is 10.8 Å². The van der Waals surface area contributed by atoms with Crippen molar-refractivity contribution in [2.24, 2.45) is 0 Å². The standard InChI is InChI=1S/C12H11ClN2O3S/c1-7-3-2-4-8(5-7)15-11(17)10(19-12(15)18)14-9(16)6-13/h2-5,10H,6H2,1H3,(H,14,16). The van der Waals surface area contributed by atoms with Gasteiger partial charge in [0.05, 0.1) is 5.69 Å². The molecule has 1 aliphatic heterocycles. The summed E-state index contributed by atoms with van der Waals surface area (Å²) in [7, 11) is 0. The predicted molar refractivity (Wildman–Crippen MR) is 74.3 cm³/mol. The van der Waals surface area contributed by atoms with E-state index in [1.165, 1.54) is 0 Å². The summed E-state index contributed by atoms with van der Waals surface area (Å²) in [6.45, 7) is 1.87. The quantitative estimate of drug-likeness (QED) is 0.865. The Hall–Kier alpha value is -1.53. The Morgan fingerprint density at radius 1 is 1.47 bits per heavy atom. The van der Waals surface area contributed by atoms with E-state index in [-0.39, 0.29) is 5.88 Å². The van der Waals surface area contributed by atoms with E-state index in [9.17, 15) is 14.4 Å². The van der Waals surface area contributed by atoms with Gasteiger partial charge in [0.15, 0.2) is 5.37 Å². The summed E-state index contributed by atoms with van der Waals surface area (Å²) < 4.78 is 0. The molecule has 1 unspecified atom stereocenters. The highest BCUT2D eigenvalue weighted by atomic mass is 35.5. The van der Waals surface area contributed by atoms with Gasteiger partial charge in [-0.2, -0.15) is 0 Å². The van der Waals surface area contributed by atoms with Crippen LogP contribution in [0.3, 0.4) is 0 Å². The van der Waals surface area contributed by atoms with Crippen molar-refractivity contribution in [3.8, 4) is 0 Å². The molecule has 1 N–H and O–H groups in total. The van der Waals surface area contributed by atoms with Gasteiger partial charge < -0.3 is 5.32 Å². The fraction of sp³-hybridized carbons (Fsp3) is 0.250. The van der Waals surface area contributed by atoms with Gasteiger partial charge >= 0.3 is 0 Å². The molecule has 3 amide bonds. The molecule has 2 rings (SSSR count). The number of rotatable bonds is 3. The molecular formula is C12H11ClN2O3S. The molecule has 1 aliphatic rings. The zero-order valence-corrected chi connectivity index (χ0v) is 11.6. The minimum Gasteiger partial charge on any atom is -0.335 e. The van der Waals surface area contributed by atoms with E-state index in [0.29, 0.717) is 5.69 Å². The van der Waals surface area contributed by atoms with Gasteiger partial charge in [0.2, 0.25) is 5.91 Å². The van der Waals surface area contributed by atoms with Crippen molar-refractivity contribution in [3.63, 3.8) is 0 Å². The zero-order chi connectivity index (χ0) is 14.0. The van der Waals surface area contributed by atoms with Crippen LogP contribution in [0.2, 0.25) is 0 Å². The van der Waals surface area contributed by atoms with Crippen LogP contribution in [0.4, 0.5) is 10.5 Å². The molecule has 19 heavy (non-hydrogen) atoms. The van der Waals surface area contributed by atoms with E-state index in [4.69, 9.17) is 11.6 Å². The van der Waals surface area contributed by atoms with Crippen molar-refractivity contribution in [1.29, 1.82) is 0 Å². The molecule has 1 saturated heterocycles. The average molecular weight is 299 g/mol. The summed E-state index contributed by atoms with van der Waals surface area (Å²) in [5.41, 5.74) is 1.45. The normalized spacial score (nSPS) is 18.8. The molecule has 0 aromatic heterocycles. The second-order valence-corrected chi connectivity index (χ2v) is 5.30. The molecule has 7 heteroatoms. The number of nitrogens with one attached hydrogen (secondary N) is 1. The van der Waals surface area contributed by atoms with Crippen molar-refractivity contribution in [1.82, 2.24) is 5.32 Å². The Morgan fingerprint density at radius 3 is 2.84 bits per heavy atom. The van der Waals surface area contributed by atoms with Crippen molar-refractivity contribution in [2.45, 2.75) is 12.3 Å². The number of carbonyl (C=O) groups is 3. The van der Waals surface area contributed by atoms with Gasteiger partial charge in [-0.3, -0.25) is 14.4 Å². The minimum atomic E-state index is -0.903. The Balaban J connectivity index is 2.21. The Labute approximate surface area is 119 Å². The maximum atomic E-state index is 12.1. The van der Waals surface area contributed by atoms with Crippen molar-refractivity contribution >= 4 is 46.1 Å². The number of alkyl halides is 1. The summed E-state index contributed by atoms with van der Waals surface area (Å²) in [5, 5.41) is 1.09. The van der Waals surface area contributed by atoms with Crippen LogP contribution in [-0.2, 0) is 9.59 Å². The lowest BCUT2D eigenvalue weighted by Gasteiger charge is -2.14. The Kier molecular flexibility index (Phi) is 4.11. The molecule has 1 aromatic rings. The molecule has 0 aliphatic carbocycles. The van der Waals surface area contributed by atoms with Gasteiger partial charge in [-0.25, -0.2) is 4.90 Å². The van der Waals surface area contributed by atoms with Crippen LogP contribution < -0.4 is 10.2 Å². The van der Waals surface area contributed by atoms with Crippen LogP contribution in [0, 0.1) is 6.92 Å². The largest absolute Gasteiger partial charge is 0.335 e. The molecule has 0 spiro atoms. The van der Waals surface area contributed by atoms with Crippen LogP contribution in [0.1, 0.15) is 5.56 Å². The van der Waals surface area contributed by atoms with Crippen molar-refractivity contribution in [3.05, 3.63) is 29.8 Å². The number of amides is 3. The first-order chi connectivity index (χ1) is 9.02. The summed E-state index contributed by atoms with van der Waals surface area (Å²) in [4.78, 5) is 36.2. The molecule has 0 radical (unpaired) electrons. The van der Waals surface area contributed by atoms with E-state index in [2.05, 4.69) is 5.32 Å². The highest BCUT2D eigenvalue weighted by molar-refractivity contribution is 8.15. The maximum Gasteiger partial charge on any atom is 0.295 e. The lowest BCUT2D eigenvalue weighted by atomic mass is 10.2. The van der Waals surface area contributed by atoms with E-state index in [1.807, 2.05) is 13.0 Å². The number of imide groups is 1. The lowest BCUT2D eigenvalue weighted by molar-refractivity contribution is -0.123. The first kappa shape index (κ1) is 13.9. The zero-order valence-electron chi connectivity index (χ0n) is 10.1. The second-order valence-electron chi connectivity index (χ2n) is 3.98. The third-order valence-electron chi connectivity index (χ3n) is 2.52. The van der Waals surface area contributed by atoms with Gasteiger partial charge in [0.1, 0.15) is 5.88 Å². The fourth-order valence-corrected chi connectivity index (χ4v) is 2.66. The average Bonchev–Trinajstić information content (AvgIpc) is 2.64. The minimum absolute atomic E-state index is 0.247. The Morgan fingerprint density at radius 2 is 2.21 bits per heavy atom. The monoisotopic (exact) mass is 298 g/mol. The highest BCUT2D eigenvalue weighted by Crippen LogP contribution is 2.30. The summed E-state index contributed by atoms with van der Waals surface area (Å²) in [5.74, 6) is -1.19. The molecule has 100 valence electrons. The van der Waals surface area contributed by atoms with E-state index in [0.717, 1.165) is 22.2 Å². The summed E-state index contributed by atoms with van der Waals surface area (Å²) in [6.07, 6.45) is 0. The molecule has 1 heterocycles. The van der Waals surface area contributed by atoms with E-state index < -0.39 is 22.4 Å². The first-order valence-corrected chi connectivity index (χ1v) is 6.91. The van der Waals surface area contributed by atoms with Crippen LogP contribution in [0.5, 0.6) is 0 Å². The summed E-state index contributed by atoms with van der Waals surface area (Å²) in [6, 6.07) is 7.05. The third-order valence-corrected chi connectivity index (χ3v) is 3.70. The second kappa shape index (κ2) is 5.63. The number of halogens is 1. The number of carbonyl (C=O) groups excluding carboxylic acids is 3. The number of hydrogen-bond acceptors (Lipinski definition) is 4. The number of benzene rings is 1. The van der Waals surface area contributed by atoms with Crippen molar-refractivity contribution < 1.29 is 14.4 Å². The SMILES string of the molecule is Cc1cccc(N2C(=O)SC(NC(=O)CCl)C2=O)c1. The van der Waals surface area contributed by atoms with Crippen LogP contribution in [-0.4, -0.2) is 28.3 Å². The lowest BCUT2D eigenvalue weighted by Crippen LogP contribution is -2.41. The number of thioether (sulfide) groups is 1. The molecule has 0 bridgehead atoms. The topological polar surface area (TPSA) is 66.5 Å². The maximum absolute atomic E-state index is 12.1. The number of hydrogen-bond donors (Lipinski definition) is 1. The fourth-order valence-electron chi connectivity index (χ4n) is 1.69. The molecular weight excluding hydrogens is 288 g/mol. The van der Waals surface area contributed by atoms with Gasteiger partial charge in [0.25, 0.3) is 11.1 Å². The molecule has 1 atom stereocenters. The first-order valence-electron chi connectivity index (χ1n) is 5.49. The number of anilines is 1. The van der Waals surface area contributed by atoms with Gasteiger partial charge in [-0.15, -0.1) is 11.6 Å².